The van der Waals surface area contributed by atoms with Gasteiger partial charge in [0.2, 0.25) is 17.7 Å². The second-order valence-electron chi connectivity index (χ2n) is 13.4. The van der Waals surface area contributed by atoms with Crippen molar-refractivity contribution in [2.24, 2.45) is 5.41 Å². The van der Waals surface area contributed by atoms with Crippen molar-refractivity contribution < 1.29 is 24.3 Å². The lowest BCUT2D eigenvalue weighted by molar-refractivity contribution is -0.144. The van der Waals surface area contributed by atoms with Gasteiger partial charge in [-0.25, -0.2) is 4.98 Å². The third-order valence-corrected chi connectivity index (χ3v) is 9.51. The summed E-state index contributed by atoms with van der Waals surface area (Å²) in [5.41, 5.74) is 4.22. The lowest BCUT2D eigenvalue weighted by Crippen LogP contribution is -2.57. The summed E-state index contributed by atoms with van der Waals surface area (Å²) >= 11 is 1.59. The summed E-state index contributed by atoms with van der Waals surface area (Å²) < 4.78 is 0. The molecule has 1 fully saturated rings. The summed E-state index contributed by atoms with van der Waals surface area (Å²) in [6.45, 7) is 9.61. The Morgan fingerprint density at radius 2 is 1.64 bits per heavy atom. The molecule has 0 unspecified atom stereocenters. The first-order valence-electron chi connectivity index (χ1n) is 16.4. The minimum Gasteiger partial charge on any atom is -0.391 e. The zero-order valence-corrected chi connectivity index (χ0v) is 28.5. The number of aryl methyl sites for hydroxylation is 1. The second-order valence-corrected chi connectivity index (χ2v) is 14.3. The van der Waals surface area contributed by atoms with Crippen molar-refractivity contribution in [1.82, 2.24) is 20.5 Å². The molecular formula is C35H52N4O5S. The van der Waals surface area contributed by atoms with Crippen molar-refractivity contribution in [3.05, 3.63) is 41.0 Å². The van der Waals surface area contributed by atoms with Crippen molar-refractivity contribution in [2.45, 2.75) is 129 Å². The Morgan fingerprint density at radius 1 is 1.02 bits per heavy atom. The molecule has 0 spiro atoms. The smallest absolute Gasteiger partial charge is 0.246 e. The maximum atomic E-state index is 13.9. The molecular weight excluding hydrogens is 588 g/mol. The van der Waals surface area contributed by atoms with Gasteiger partial charge in [0, 0.05) is 25.8 Å². The minimum atomic E-state index is -0.825. The van der Waals surface area contributed by atoms with Crippen LogP contribution in [0.1, 0.15) is 116 Å². The van der Waals surface area contributed by atoms with Crippen molar-refractivity contribution in [3.8, 4) is 10.4 Å². The molecule has 45 heavy (non-hydrogen) atoms. The number of hydrogen-bond donors (Lipinski definition) is 3. The maximum absolute atomic E-state index is 13.9. The monoisotopic (exact) mass is 640 g/mol. The third kappa shape index (κ3) is 11.0. The number of thiazole rings is 1. The van der Waals surface area contributed by atoms with Gasteiger partial charge < -0.3 is 25.4 Å². The SMILES string of the molecule is Cc1ncsc1-c1ccc([C@H](C)NC(=O)[C@@H]2C[C@@H](O)CN2C(=O)[C@@H](NC(=O)CCCCCCCCCCC=O)C(C)(C)C)cc1. The standard InChI is InChI=1S/C35H52N4O5S/c1-24(26-16-18-27(19-17-26)31-25(2)36-23-45-31)37-33(43)29-21-28(41)22-39(29)34(44)32(35(3,4)5)38-30(42)15-13-11-9-7-6-8-10-12-14-20-40/h16-20,23-24,28-29,32,41H,6-15,21-22H2,1-5H3,(H,37,43)(H,38,42)/t24-,28+,29-,32+/m0/s1. The van der Waals surface area contributed by atoms with E-state index in [0.717, 1.165) is 79.4 Å². The normalized spacial score (nSPS) is 18.0. The molecule has 0 saturated carbocycles. The average molecular weight is 641 g/mol. The number of hydrogen-bond acceptors (Lipinski definition) is 7. The zero-order chi connectivity index (χ0) is 33.0. The largest absolute Gasteiger partial charge is 0.391 e. The molecule has 4 atom stereocenters. The molecule has 0 aliphatic carbocycles. The van der Waals surface area contributed by atoms with E-state index >= 15 is 0 Å². The van der Waals surface area contributed by atoms with Gasteiger partial charge in [-0.05, 0) is 43.2 Å². The number of rotatable bonds is 17. The number of β-amino-alcohol motifs (C(OH)–C–C–N with tert-alkyl or cyclic N) is 1. The van der Waals surface area contributed by atoms with Crippen LogP contribution >= 0.6 is 11.3 Å². The first kappa shape index (κ1) is 36.4. The van der Waals surface area contributed by atoms with Crippen LogP contribution in [-0.2, 0) is 19.2 Å². The van der Waals surface area contributed by atoms with Gasteiger partial charge in [-0.3, -0.25) is 14.4 Å². The van der Waals surface area contributed by atoms with Crippen LogP contribution in [-0.4, -0.2) is 63.7 Å². The Morgan fingerprint density at radius 3 is 2.22 bits per heavy atom. The molecule has 1 aromatic carbocycles. The predicted molar refractivity (Wildman–Crippen MR) is 179 cm³/mol. The Hall–Kier alpha value is -3.11. The number of likely N-dealkylation sites (tertiary alicyclic amines) is 1. The summed E-state index contributed by atoms with van der Waals surface area (Å²) in [5.74, 6) is -0.847. The number of carbonyl (C=O) groups is 4. The maximum Gasteiger partial charge on any atom is 0.246 e. The lowest BCUT2D eigenvalue weighted by atomic mass is 9.85. The Kier molecular flexibility index (Phi) is 14.2. The quantitative estimate of drug-likeness (QED) is 0.146. The van der Waals surface area contributed by atoms with Gasteiger partial charge >= 0.3 is 0 Å². The molecule has 3 rings (SSSR count). The van der Waals surface area contributed by atoms with Crippen LogP contribution in [0.5, 0.6) is 0 Å². The highest BCUT2D eigenvalue weighted by molar-refractivity contribution is 7.13. The number of nitrogens with one attached hydrogen (secondary N) is 2. The highest BCUT2D eigenvalue weighted by Gasteiger charge is 2.44. The third-order valence-electron chi connectivity index (χ3n) is 8.54. The zero-order valence-electron chi connectivity index (χ0n) is 27.6. The number of aliphatic hydroxyl groups excluding tert-OH is 1. The molecule has 1 saturated heterocycles. The number of aldehydes is 1. The highest BCUT2D eigenvalue weighted by atomic mass is 32.1. The Balaban J connectivity index is 1.53. The highest BCUT2D eigenvalue weighted by Crippen LogP contribution is 2.29. The number of aromatic nitrogens is 1. The van der Waals surface area contributed by atoms with E-state index in [9.17, 15) is 24.3 Å². The number of benzene rings is 1. The first-order chi connectivity index (χ1) is 21.4. The van der Waals surface area contributed by atoms with Crippen LogP contribution in [0.4, 0.5) is 0 Å². The molecule has 0 bridgehead atoms. The van der Waals surface area contributed by atoms with Crippen LogP contribution in [0.2, 0.25) is 0 Å². The number of amides is 3. The molecule has 2 aromatic rings. The van der Waals surface area contributed by atoms with Gasteiger partial charge in [-0.15, -0.1) is 11.3 Å². The van der Waals surface area contributed by atoms with Crippen LogP contribution < -0.4 is 10.6 Å². The van der Waals surface area contributed by atoms with Gasteiger partial charge in [0.25, 0.3) is 0 Å². The second kappa shape index (κ2) is 17.5. The summed E-state index contributed by atoms with van der Waals surface area (Å²) in [5, 5.41) is 16.5. The number of carbonyl (C=O) groups excluding carboxylic acids is 4. The minimum absolute atomic E-state index is 0.0474. The van der Waals surface area contributed by atoms with Gasteiger partial charge in [-0.2, -0.15) is 0 Å². The van der Waals surface area contributed by atoms with E-state index in [0.29, 0.717) is 12.8 Å². The van der Waals surface area contributed by atoms with Crippen molar-refractivity contribution in [1.29, 1.82) is 0 Å². The molecule has 9 nitrogen and oxygen atoms in total. The Labute approximate surface area is 272 Å². The van der Waals surface area contributed by atoms with Gasteiger partial charge in [-0.1, -0.05) is 83.6 Å². The van der Waals surface area contributed by atoms with E-state index in [1.165, 1.54) is 4.90 Å². The molecule has 248 valence electrons. The van der Waals surface area contributed by atoms with E-state index in [-0.39, 0.29) is 36.7 Å². The van der Waals surface area contributed by atoms with Crippen LogP contribution in [0.25, 0.3) is 10.4 Å². The van der Waals surface area contributed by atoms with E-state index in [2.05, 4.69) is 15.6 Å². The summed E-state index contributed by atoms with van der Waals surface area (Å²) in [6, 6.07) is 6.05. The summed E-state index contributed by atoms with van der Waals surface area (Å²) in [7, 11) is 0. The van der Waals surface area contributed by atoms with Crippen LogP contribution in [0, 0.1) is 12.3 Å². The van der Waals surface area contributed by atoms with E-state index in [1.807, 2.05) is 64.4 Å². The van der Waals surface area contributed by atoms with Crippen molar-refractivity contribution in [3.63, 3.8) is 0 Å². The molecule has 1 aliphatic heterocycles. The van der Waals surface area contributed by atoms with E-state index < -0.39 is 23.6 Å². The summed E-state index contributed by atoms with van der Waals surface area (Å²) in [6.07, 6.45) is 9.46. The van der Waals surface area contributed by atoms with Gasteiger partial charge in [0.05, 0.1) is 28.2 Å². The molecule has 1 aliphatic rings. The molecule has 2 heterocycles. The lowest BCUT2D eigenvalue weighted by Gasteiger charge is -2.35. The van der Waals surface area contributed by atoms with Crippen LogP contribution in [0.3, 0.4) is 0 Å². The molecule has 1 aromatic heterocycles. The van der Waals surface area contributed by atoms with Crippen molar-refractivity contribution >= 4 is 35.3 Å². The number of unbranched alkanes of at least 4 members (excludes halogenated alkanes) is 8. The van der Waals surface area contributed by atoms with Crippen LogP contribution in [0.15, 0.2) is 29.8 Å². The fourth-order valence-electron chi connectivity index (χ4n) is 5.82. The van der Waals surface area contributed by atoms with E-state index in [4.69, 9.17) is 0 Å². The van der Waals surface area contributed by atoms with Gasteiger partial charge in [0.15, 0.2) is 0 Å². The first-order valence-corrected chi connectivity index (χ1v) is 17.3. The van der Waals surface area contributed by atoms with Gasteiger partial charge in [0.1, 0.15) is 18.4 Å². The van der Waals surface area contributed by atoms with E-state index in [1.54, 1.807) is 11.3 Å². The number of nitrogens with zero attached hydrogens (tertiary/aromatic N) is 2. The molecule has 3 amide bonds. The predicted octanol–water partition coefficient (Wildman–Crippen LogP) is 5.89. The fourth-order valence-corrected chi connectivity index (χ4v) is 6.63. The molecule has 3 N–H and O–H groups in total. The Bertz CT molecular complexity index is 1260. The topological polar surface area (TPSA) is 129 Å². The average Bonchev–Trinajstić information content (AvgIpc) is 3.61. The number of aliphatic hydroxyl groups is 1. The summed E-state index contributed by atoms with van der Waals surface area (Å²) in [4.78, 5) is 57.5. The molecule has 0 radical (unpaired) electrons. The fraction of sp³-hybridized carbons (Fsp3) is 0.629. The van der Waals surface area contributed by atoms with Crippen molar-refractivity contribution in [2.75, 3.05) is 6.54 Å². The molecule has 10 heteroatoms.